The molecule has 1 aromatic heterocycles. The van der Waals surface area contributed by atoms with Crippen molar-refractivity contribution in [1.29, 1.82) is 0 Å². The van der Waals surface area contributed by atoms with Gasteiger partial charge in [0, 0.05) is 32.2 Å². The molecule has 0 aromatic carbocycles. The van der Waals surface area contributed by atoms with Crippen LogP contribution in [-0.4, -0.2) is 58.2 Å². The Hall–Kier alpha value is -1.89. The molecule has 1 saturated carbocycles. The van der Waals surface area contributed by atoms with Crippen molar-refractivity contribution in [3.05, 3.63) is 17.5 Å². The molecule has 0 radical (unpaired) electrons. The van der Waals surface area contributed by atoms with E-state index in [0.29, 0.717) is 43.8 Å². The second-order valence-electron chi connectivity index (χ2n) is 7.44. The van der Waals surface area contributed by atoms with Crippen LogP contribution in [0.5, 0.6) is 0 Å². The highest BCUT2D eigenvalue weighted by Crippen LogP contribution is 2.20. The molecule has 2 fully saturated rings. The molecule has 2 N–H and O–H groups in total. The zero-order valence-electron chi connectivity index (χ0n) is 15.4. The average molecular weight is 347 g/mol. The van der Waals surface area contributed by atoms with E-state index in [1.54, 1.807) is 9.58 Å². The lowest BCUT2D eigenvalue weighted by Gasteiger charge is -2.35. The van der Waals surface area contributed by atoms with Crippen molar-refractivity contribution in [2.75, 3.05) is 19.6 Å². The second kappa shape index (κ2) is 7.56. The second-order valence-corrected chi connectivity index (χ2v) is 7.44. The van der Waals surface area contributed by atoms with Crippen molar-refractivity contribution in [1.82, 2.24) is 25.3 Å². The minimum atomic E-state index is -0.449. The van der Waals surface area contributed by atoms with E-state index in [-0.39, 0.29) is 11.8 Å². The maximum Gasteiger partial charge on any atom is 0.272 e. The molecule has 1 aliphatic carbocycles. The molecular formula is C18H29N5O2. The lowest BCUT2D eigenvalue weighted by atomic mass is 10.1. The van der Waals surface area contributed by atoms with Crippen molar-refractivity contribution in [2.24, 2.45) is 5.92 Å². The third-order valence-electron chi connectivity index (χ3n) is 4.70. The Bertz CT molecular complexity index is 635. The van der Waals surface area contributed by atoms with Gasteiger partial charge in [-0.15, -0.1) is 0 Å². The molecule has 1 aromatic rings. The minimum absolute atomic E-state index is 0.0481. The van der Waals surface area contributed by atoms with Gasteiger partial charge in [0.05, 0.1) is 5.69 Å². The highest BCUT2D eigenvalue weighted by Gasteiger charge is 2.36. The molecule has 1 aliphatic heterocycles. The van der Waals surface area contributed by atoms with Crippen molar-refractivity contribution in [2.45, 2.75) is 58.7 Å². The third-order valence-corrected chi connectivity index (χ3v) is 4.70. The Morgan fingerprint density at radius 1 is 1.40 bits per heavy atom. The number of hydrogen-bond donors (Lipinski definition) is 2. The third kappa shape index (κ3) is 4.21. The molecule has 7 nitrogen and oxygen atoms in total. The summed E-state index contributed by atoms with van der Waals surface area (Å²) in [6, 6.07) is 1.74. The number of nitrogens with one attached hydrogen (secondary N) is 2. The fourth-order valence-corrected chi connectivity index (χ4v) is 3.26. The molecule has 7 heteroatoms. The van der Waals surface area contributed by atoms with Gasteiger partial charge in [0.2, 0.25) is 5.91 Å². The summed E-state index contributed by atoms with van der Waals surface area (Å²) in [6.45, 7) is 8.65. The first kappa shape index (κ1) is 17.9. The number of carbonyl (C=O) groups is 2. The van der Waals surface area contributed by atoms with Gasteiger partial charge in [-0.3, -0.25) is 14.3 Å². The monoisotopic (exact) mass is 347 g/mol. The summed E-state index contributed by atoms with van der Waals surface area (Å²) in [5.41, 5.74) is 1.53. The summed E-state index contributed by atoms with van der Waals surface area (Å²) in [6.07, 6.45) is 2.93. The number of hydrogen-bond acceptors (Lipinski definition) is 4. The molecule has 3 rings (SSSR count). The van der Waals surface area contributed by atoms with Crippen LogP contribution < -0.4 is 10.6 Å². The summed E-state index contributed by atoms with van der Waals surface area (Å²) in [5.74, 6) is 0.342. The molecule has 2 amide bonds. The van der Waals surface area contributed by atoms with E-state index in [4.69, 9.17) is 0 Å². The van der Waals surface area contributed by atoms with Crippen LogP contribution in [0.2, 0.25) is 0 Å². The summed E-state index contributed by atoms with van der Waals surface area (Å²) in [4.78, 5) is 27.4. The predicted octanol–water partition coefficient (Wildman–Crippen LogP) is 0.794. The molecule has 0 unspecified atom stereocenters. The zero-order chi connectivity index (χ0) is 18.0. The van der Waals surface area contributed by atoms with Crippen LogP contribution in [0.25, 0.3) is 0 Å². The predicted molar refractivity (Wildman–Crippen MR) is 95.3 cm³/mol. The van der Waals surface area contributed by atoms with Crippen molar-refractivity contribution in [3.63, 3.8) is 0 Å². The summed E-state index contributed by atoms with van der Waals surface area (Å²) in [7, 11) is 0. The first-order valence-corrected chi connectivity index (χ1v) is 9.38. The van der Waals surface area contributed by atoms with Gasteiger partial charge in [0.15, 0.2) is 0 Å². The van der Waals surface area contributed by atoms with Gasteiger partial charge < -0.3 is 15.5 Å². The maximum atomic E-state index is 13.2. The van der Waals surface area contributed by atoms with Gasteiger partial charge in [0.1, 0.15) is 11.7 Å². The standard InChI is InChI=1S/C18H29N5O2/c1-4-23-15(10-14(21-23)9-12(2)3)18(25)22-8-7-19-11-16(22)17(24)20-13-5-6-13/h10,12-13,16,19H,4-9,11H2,1-3H3,(H,20,24)/t16-/m1/s1. The molecule has 2 heterocycles. The van der Waals surface area contributed by atoms with Crippen molar-refractivity contribution >= 4 is 11.8 Å². The molecule has 1 atom stereocenters. The van der Waals surface area contributed by atoms with Crippen molar-refractivity contribution < 1.29 is 9.59 Å². The van der Waals surface area contributed by atoms with E-state index in [0.717, 1.165) is 25.0 Å². The lowest BCUT2D eigenvalue weighted by Crippen LogP contribution is -2.60. The van der Waals surface area contributed by atoms with Crippen molar-refractivity contribution in [3.8, 4) is 0 Å². The first-order chi connectivity index (χ1) is 12.0. The fourth-order valence-electron chi connectivity index (χ4n) is 3.26. The van der Waals surface area contributed by atoms with Gasteiger partial charge in [-0.2, -0.15) is 5.10 Å². The molecule has 138 valence electrons. The van der Waals surface area contributed by atoms with Gasteiger partial charge >= 0.3 is 0 Å². The van der Waals surface area contributed by atoms with E-state index >= 15 is 0 Å². The Kier molecular flexibility index (Phi) is 5.42. The quantitative estimate of drug-likeness (QED) is 0.798. The van der Waals surface area contributed by atoms with E-state index in [1.807, 2.05) is 13.0 Å². The van der Waals surface area contributed by atoms with Gasteiger partial charge in [0.25, 0.3) is 5.91 Å². The number of nitrogens with zero attached hydrogens (tertiary/aromatic N) is 3. The van der Waals surface area contributed by atoms with Crippen LogP contribution in [0.1, 0.15) is 49.8 Å². The smallest absolute Gasteiger partial charge is 0.272 e. The van der Waals surface area contributed by atoms with E-state index < -0.39 is 6.04 Å². The molecular weight excluding hydrogens is 318 g/mol. The van der Waals surface area contributed by atoms with Crippen LogP contribution >= 0.6 is 0 Å². The van der Waals surface area contributed by atoms with E-state index in [2.05, 4.69) is 29.6 Å². The van der Waals surface area contributed by atoms with Gasteiger partial charge in [-0.1, -0.05) is 13.8 Å². The SMILES string of the molecule is CCn1nc(CC(C)C)cc1C(=O)N1CCNC[C@@H]1C(=O)NC1CC1. The number of carbonyl (C=O) groups excluding carboxylic acids is 2. The highest BCUT2D eigenvalue weighted by atomic mass is 16.2. The Balaban J connectivity index is 1.79. The number of piperazine rings is 1. The Morgan fingerprint density at radius 2 is 2.16 bits per heavy atom. The molecule has 2 aliphatic rings. The van der Waals surface area contributed by atoms with Crippen LogP contribution in [0.15, 0.2) is 6.07 Å². The molecule has 25 heavy (non-hydrogen) atoms. The number of aryl methyl sites for hydroxylation is 1. The van der Waals surface area contributed by atoms with Crippen LogP contribution in [-0.2, 0) is 17.8 Å². The molecule has 0 spiro atoms. The molecule has 1 saturated heterocycles. The summed E-state index contributed by atoms with van der Waals surface area (Å²) in [5, 5.41) is 10.8. The van der Waals surface area contributed by atoms with E-state index in [1.165, 1.54) is 0 Å². The lowest BCUT2D eigenvalue weighted by molar-refractivity contribution is -0.126. The molecule has 0 bridgehead atoms. The van der Waals surface area contributed by atoms with Crippen LogP contribution in [0, 0.1) is 5.92 Å². The van der Waals surface area contributed by atoms with Gasteiger partial charge in [-0.25, -0.2) is 0 Å². The normalized spacial score (nSPS) is 20.8. The number of aromatic nitrogens is 2. The van der Waals surface area contributed by atoms with Gasteiger partial charge in [-0.05, 0) is 38.2 Å². The number of amides is 2. The minimum Gasteiger partial charge on any atom is -0.352 e. The van der Waals surface area contributed by atoms with Crippen LogP contribution in [0.4, 0.5) is 0 Å². The Labute approximate surface area is 149 Å². The zero-order valence-corrected chi connectivity index (χ0v) is 15.4. The number of rotatable bonds is 6. The van der Waals surface area contributed by atoms with Crippen LogP contribution in [0.3, 0.4) is 0 Å². The summed E-state index contributed by atoms with van der Waals surface area (Å²) >= 11 is 0. The maximum absolute atomic E-state index is 13.2. The largest absolute Gasteiger partial charge is 0.352 e. The first-order valence-electron chi connectivity index (χ1n) is 9.38. The van der Waals surface area contributed by atoms with E-state index in [9.17, 15) is 9.59 Å². The summed E-state index contributed by atoms with van der Waals surface area (Å²) < 4.78 is 1.76. The highest BCUT2D eigenvalue weighted by molar-refractivity contribution is 5.96. The average Bonchev–Trinajstić information content (AvgIpc) is 3.31. The topological polar surface area (TPSA) is 79.3 Å². The Morgan fingerprint density at radius 3 is 2.80 bits per heavy atom. The fraction of sp³-hybridized carbons (Fsp3) is 0.722.